The summed E-state index contributed by atoms with van der Waals surface area (Å²) in [5.74, 6) is 5.91. The molecule has 21 heavy (non-hydrogen) atoms. The van der Waals surface area contributed by atoms with Crippen LogP contribution in [0.5, 0.6) is 6.01 Å². The monoisotopic (exact) mass is 285 g/mol. The average molecular weight is 285 g/mol. The van der Waals surface area contributed by atoms with Crippen LogP contribution >= 0.6 is 0 Å². The summed E-state index contributed by atoms with van der Waals surface area (Å²) in [6, 6.07) is 9.37. The van der Waals surface area contributed by atoms with Crippen LogP contribution in [0.2, 0.25) is 0 Å². The van der Waals surface area contributed by atoms with Gasteiger partial charge < -0.3 is 9.64 Å². The molecule has 2 rings (SSSR count). The van der Waals surface area contributed by atoms with Gasteiger partial charge in [0.1, 0.15) is 0 Å². The summed E-state index contributed by atoms with van der Waals surface area (Å²) in [5, 5.41) is 8.95. The number of benzene rings is 1. The van der Waals surface area contributed by atoms with Crippen molar-refractivity contribution in [2.45, 2.75) is 6.92 Å². The fourth-order valence-electron chi connectivity index (χ4n) is 1.65. The first-order valence-corrected chi connectivity index (χ1v) is 6.27. The van der Waals surface area contributed by atoms with E-state index in [-0.39, 0.29) is 12.0 Å². The second kappa shape index (κ2) is 6.49. The number of nitrogen functional groups attached to an aromatic ring is 1. The van der Waals surface area contributed by atoms with Crippen LogP contribution in [0.15, 0.2) is 24.3 Å². The summed E-state index contributed by atoms with van der Waals surface area (Å²) < 4.78 is 5.28. The molecule has 1 heterocycles. The van der Waals surface area contributed by atoms with Crippen molar-refractivity contribution in [3.8, 4) is 12.1 Å². The molecule has 0 aliphatic heterocycles. The number of nitriles is 1. The summed E-state index contributed by atoms with van der Waals surface area (Å²) in [6.07, 6.45) is 0. The summed E-state index contributed by atoms with van der Waals surface area (Å²) in [5.41, 5.74) is 3.69. The Morgan fingerprint density at radius 3 is 2.86 bits per heavy atom. The predicted octanol–water partition coefficient (Wildman–Crippen LogP) is 1.20. The van der Waals surface area contributed by atoms with Crippen LogP contribution in [-0.4, -0.2) is 28.6 Å². The molecular weight excluding hydrogens is 270 g/mol. The fourth-order valence-corrected chi connectivity index (χ4v) is 1.65. The van der Waals surface area contributed by atoms with Crippen molar-refractivity contribution >= 4 is 17.6 Å². The van der Waals surface area contributed by atoms with E-state index in [1.807, 2.05) is 13.0 Å². The number of ether oxygens (including phenoxy) is 1. The molecule has 2 aromatic rings. The Morgan fingerprint density at radius 1 is 1.38 bits per heavy atom. The largest absolute Gasteiger partial charge is 0.464 e. The number of hydrazine groups is 1. The highest BCUT2D eigenvalue weighted by molar-refractivity contribution is 5.59. The van der Waals surface area contributed by atoms with E-state index in [0.717, 1.165) is 5.69 Å². The van der Waals surface area contributed by atoms with Crippen molar-refractivity contribution in [1.29, 1.82) is 5.26 Å². The van der Waals surface area contributed by atoms with E-state index in [2.05, 4.69) is 26.4 Å². The van der Waals surface area contributed by atoms with Crippen molar-refractivity contribution in [2.75, 3.05) is 24.0 Å². The van der Waals surface area contributed by atoms with E-state index in [1.54, 1.807) is 30.1 Å². The second-order valence-corrected chi connectivity index (χ2v) is 4.04. The lowest BCUT2D eigenvalue weighted by molar-refractivity contribution is 0.312. The zero-order valence-electron chi connectivity index (χ0n) is 11.7. The minimum absolute atomic E-state index is 0.179. The molecule has 0 aliphatic rings. The standard InChI is InChI=1S/C13H15N7O/c1-3-21-13-17-11(19-15)16-12(18-13)20(2)10-6-4-5-9(7-10)8-14/h4-7H,3,15H2,1-2H3,(H,16,17,18,19). The van der Waals surface area contributed by atoms with Crippen LogP contribution in [0.4, 0.5) is 17.6 Å². The van der Waals surface area contributed by atoms with E-state index in [1.165, 1.54) is 0 Å². The maximum atomic E-state index is 8.95. The average Bonchev–Trinajstić information content (AvgIpc) is 2.54. The molecule has 0 saturated heterocycles. The molecule has 3 N–H and O–H groups in total. The minimum Gasteiger partial charge on any atom is -0.464 e. The van der Waals surface area contributed by atoms with Crippen LogP contribution < -0.4 is 20.9 Å². The van der Waals surface area contributed by atoms with E-state index in [9.17, 15) is 0 Å². The van der Waals surface area contributed by atoms with Gasteiger partial charge in [-0.3, -0.25) is 5.43 Å². The van der Waals surface area contributed by atoms with Crippen molar-refractivity contribution in [3.63, 3.8) is 0 Å². The van der Waals surface area contributed by atoms with Crippen molar-refractivity contribution < 1.29 is 4.74 Å². The Hall–Kier alpha value is -2.92. The molecule has 0 atom stereocenters. The number of aromatic nitrogens is 3. The van der Waals surface area contributed by atoms with Gasteiger partial charge in [-0.1, -0.05) is 6.07 Å². The molecule has 0 amide bonds. The number of rotatable bonds is 5. The molecule has 1 aromatic heterocycles. The third kappa shape index (κ3) is 3.34. The van der Waals surface area contributed by atoms with Gasteiger partial charge in [-0.05, 0) is 25.1 Å². The molecule has 0 aliphatic carbocycles. The summed E-state index contributed by atoms with van der Waals surface area (Å²) >= 11 is 0. The van der Waals surface area contributed by atoms with Gasteiger partial charge in [0, 0.05) is 12.7 Å². The highest BCUT2D eigenvalue weighted by Crippen LogP contribution is 2.23. The van der Waals surface area contributed by atoms with Gasteiger partial charge in [-0.25, -0.2) is 5.84 Å². The number of hydrogen-bond acceptors (Lipinski definition) is 8. The van der Waals surface area contributed by atoms with Gasteiger partial charge in [0.05, 0.1) is 18.2 Å². The number of hydrogen-bond donors (Lipinski definition) is 2. The molecule has 8 heteroatoms. The second-order valence-electron chi connectivity index (χ2n) is 4.04. The predicted molar refractivity (Wildman–Crippen MR) is 78.0 cm³/mol. The molecule has 1 aromatic carbocycles. The highest BCUT2D eigenvalue weighted by atomic mass is 16.5. The van der Waals surface area contributed by atoms with Gasteiger partial charge in [-0.2, -0.15) is 20.2 Å². The zero-order valence-corrected chi connectivity index (χ0v) is 11.7. The Kier molecular flexibility index (Phi) is 4.48. The molecule has 0 unspecified atom stereocenters. The molecule has 0 saturated carbocycles. The van der Waals surface area contributed by atoms with Gasteiger partial charge in [0.25, 0.3) is 0 Å². The molecule has 8 nitrogen and oxygen atoms in total. The van der Waals surface area contributed by atoms with Crippen molar-refractivity contribution in [1.82, 2.24) is 15.0 Å². The third-order valence-corrected chi connectivity index (χ3v) is 2.67. The lowest BCUT2D eigenvalue weighted by Crippen LogP contribution is -2.18. The lowest BCUT2D eigenvalue weighted by Gasteiger charge is -2.18. The van der Waals surface area contributed by atoms with Gasteiger partial charge >= 0.3 is 6.01 Å². The van der Waals surface area contributed by atoms with Crippen LogP contribution in [0.1, 0.15) is 12.5 Å². The Labute approximate surface area is 122 Å². The fraction of sp³-hybridized carbons (Fsp3) is 0.231. The third-order valence-electron chi connectivity index (χ3n) is 2.67. The first kappa shape index (κ1) is 14.5. The van der Waals surface area contributed by atoms with E-state index in [4.69, 9.17) is 15.8 Å². The maximum absolute atomic E-state index is 8.95. The number of nitrogens with two attached hydrogens (primary N) is 1. The Morgan fingerprint density at radius 2 is 2.19 bits per heavy atom. The molecule has 0 fully saturated rings. The van der Waals surface area contributed by atoms with Crippen LogP contribution in [0.3, 0.4) is 0 Å². The SMILES string of the molecule is CCOc1nc(NN)nc(N(C)c2cccc(C#N)c2)n1. The molecular formula is C13H15N7O. The molecule has 108 valence electrons. The molecule has 0 bridgehead atoms. The van der Waals surface area contributed by atoms with Crippen LogP contribution in [-0.2, 0) is 0 Å². The molecule has 0 spiro atoms. The topological polar surface area (TPSA) is 113 Å². The quantitative estimate of drug-likeness (QED) is 0.622. The molecule has 0 radical (unpaired) electrons. The number of nitrogens with one attached hydrogen (secondary N) is 1. The Bertz CT molecular complexity index is 668. The maximum Gasteiger partial charge on any atom is 0.323 e. The number of nitrogens with zero attached hydrogens (tertiary/aromatic N) is 5. The smallest absolute Gasteiger partial charge is 0.323 e. The normalized spacial score (nSPS) is 9.81. The Balaban J connectivity index is 2.39. The summed E-state index contributed by atoms with van der Waals surface area (Å²) in [7, 11) is 1.78. The van der Waals surface area contributed by atoms with Gasteiger partial charge in [-0.15, -0.1) is 0 Å². The van der Waals surface area contributed by atoms with Gasteiger partial charge in [0.2, 0.25) is 11.9 Å². The first-order valence-electron chi connectivity index (χ1n) is 6.27. The van der Waals surface area contributed by atoms with E-state index in [0.29, 0.717) is 18.1 Å². The summed E-state index contributed by atoms with van der Waals surface area (Å²) in [4.78, 5) is 14.1. The minimum atomic E-state index is 0.179. The van der Waals surface area contributed by atoms with E-state index >= 15 is 0 Å². The van der Waals surface area contributed by atoms with E-state index < -0.39 is 0 Å². The van der Waals surface area contributed by atoms with Crippen molar-refractivity contribution in [3.05, 3.63) is 29.8 Å². The number of anilines is 3. The first-order chi connectivity index (χ1) is 10.2. The lowest BCUT2D eigenvalue weighted by atomic mass is 10.2. The summed E-state index contributed by atoms with van der Waals surface area (Å²) in [6.45, 7) is 2.26. The van der Waals surface area contributed by atoms with Crippen LogP contribution in [0, 0.1) is 11.3 Å². The zero-order chi connectivity index (χ0) is 15.2. The van der Waals surface area contributed by atoms with Crippen molar-refractivity contribution in [2.24, 2.45) is 5.84 Å². The van der Waals surface area contributed by atoms with Gasteiger partial charge in [0.15, 0.2) is 0 Å². The van der Waals surface area contributed by atoms with Crippen LogP contribution in [0.25, 0.3) is 0 Å². The highest BCUT2D eigenvalue weighted by Gasteiger charge is 2.12.